The molecule has 1 aromatic heterocycles. The highest BCUT2D eigenvalue weighted by Crippen LogP contribution is 2.21. The molecule has 1 amide bonds. The SMILES string of the molecule is CCc1ccc(OCc2c(C(=O)N3CCN(Cc4cccc(F)c4)CC3)noc2C)cc1. The second-order valence-corrected chi connectivity index (χ2v) is 8.05. The van der Waals surface area contributed by atoms with Gasteiger partial charge in [0.1, 0.15) is 23.9 Å². The summed E-state index contributed by atoms with van der Waals surface area (Å²) in [7, 11) is 0. The third-order valence-corrected chi connectivity index (χ3v) is 5.86. The molecule has 0 bridgehead atoms. The normalized spacial score (nSPS) is 14.5. The van der Waals surface area contributed by atoms with Crippen molar-refractivity contribution in [3.05, 3.63) is 82.5 Å². The number of piperazine rings is 1. The van der Waals surface area contributed by atoms with Gasteiger partial charge in [-0.05, 0) is 48.7 Å². The van der Waals surface area contributed by atoms with Crippen molar-refractivity contribution in [1.82, 2.24) is 15.0 Å². The predicted octanol–water partition coefficient (Wildman–Crippen LogP) is 4.22. The highest BCUT2D eigenvalue weighted by Gasteiger charge is 2.28. The highest BCUT2D eigenvalue weighted by molar-refractivity contribution is 5.93. The molecule has 1 aliphatic rings. The minimum absolute atomic E-state index is 0.146. The van der Waals surface area contributed by atoms with Crippen LogP contribution in [-0.2, 0) is 19.6 Å². The number of aromatic nitrogens is 1. The van der Waals surface area contributed by atoms with Gasteiger partial charge >= 0.3 is 0 Å². The minimum Gasteiger partial charge on any atom is -0.489 e. The molecule has 1 fully saturated rings. The molecule has 3 aromatic rings. The number of halogens is 1. The number of carbonyl (C=O) groups excluding carboxylic acids is 1. The summed E-state index contributed by atoms with van der Waals surface area (Å²) >= 11 is 0. The summed E-state index contributed by atoms with van der Waals surface area (Å²) in [5.41, 5.74) is 3.16. The maximum absolute atomic E-state index is 13.4. The molecule has 0 spiro atoms. The van der Waals surface area contributed by atoms with Crippen LogP contribution in [-0.4, -0.2) is 47.0 Å². The molecule has 0 atom stereocenters. The van der Waals surface area contributed by atoms with Gasteiger partial charge in [0.25, 0.3) is 5.91 Å². The number of benzene rings is 2. The smallest absolute Gasteiger partial charge is 0.276 e. The van der Waals surface area contributed by atoms with Gasteiger partial charge in [-0.15, -0.1) is 0 Å². The average Bonchev–Trinajstić information content (AvgIpc) is 3.18. The van der Waals surface area contributed by atoms with Gasteiger partial charge in [-0.3, -0.25) is 9.69 Å². The first-order chi connectivity index (χ1) is 15.5. The molecule has 168 valence electrons. The van der Waals surface area contributed by atoms with Crippen molar-refractivity contribution >= 4 is 5.91 Å². The minimum atomic E-state index is -0.228. The van der Waals surface area contributed by atoms with Crippen LogP contribution in [0.4, 0.5) is 4.39 Å². The number of amides is 1. The van der Waals surface area contributed by atoms with Gasteiger partial charge in [0.15, 0.2) is 5.69 Å². The summed E-state index contributed by atoms with van der Waals surface area (Å²) in [4.78, 5) is 17.1. The molecular weight excluding hydrogens is 409 g/mol. The zero-order chi connectivity index (χ0) is 22.5. The summed E-state index contributed by atoms with van der Waals surface area (Å²) in [5, 5.41) is 4.03. The monoisotopic (exact) mass is 437 g/mol. The number of carbonyl (C=O) groups is 1. The Bertz CT molecular complexity index is 1060. The Hall–Kier alpha value is -3.19. The molecule has 0 N–H and O–H groups in total. The molecule has 2 heterocycles. The van der Waals surface area contributed by atoms with Crippen LogP contribution in [0.1, 0.15) is 39.9 Å². The van der Waals surface area contributed by atoms with Crippen molar-refractivity contribution in [3.8, 4) is 5.75 Å². The van der Waals surface area contributed by atoms with Crippen LogP contribution in [0.5, 0.6) is 5.75 Å². The molecule has 0 saturated carbocycles. The zero-order valence-electron chi connectivity index (χ0n) is 18.5. The number of ether oxygens (including phenoxy) is 1. The highest BCUT2D eigenvalue weighted by atomic mass is 19.1. The Morgan fingerprint density at radius 2 is 1.84 bits per heavy atom. The zero-order valence-corrected chi connectivity index (χ0v) is 18.5. The van der Waals surface area contributed by atoms with Gasteiger partial charge < -0.3 is 14.2 Å². The van der Waals surface area contributed by atoms with Crippen molar-refractivity contribution in [2.24, 2.45) is 0 Å². The van der Waals surface area contributed by atoms with E-state index in [1.165, 1.54) is 11.6 Å². The van der Waals surface area contributed by atoms with E-state index in [4.69, 9.17) is 9.26 Å². The van der Waals surface area contributed by atoms with Gasteiger partial charge in [0.2, 0.25) is 0 Å². The van der Waals surface area contributed by atoms with Crippen molar-refractivity contribution in [2.45, 2.75) is 33.4 Å². The Kier molecular flexibility index (Phi) is 6.85. The van der Waals surface area contributed by atoms with Crippen molar-refractivity contribution < 1.29 is 18.4 Å². The van der Waals surface area contributed by atoms with Crippen LogP contribution in [0.3, 0.4) is 0 Å². The number of rotatable bonds is 7. The molecule has 6 nitrogen and oxygen atoms in total. The molecule has 7 heteroatoms. The van der Waals surface area contributed by atoms with Gasteiger partial charge in [-0.1, -0.05) is 36.3 Å². The molecule has 1 aliphatic heterocycles. The molecule has 1 saturated heterocycles. The van der Waals surface area contributed by atoms with E-state index in [-0.39, 0.29) is 18.3 Å². The van der Waals surface area contributed by atoms with Crippen LogP contribution in [0.25, 0.3) is 0 Å². The average molecular weight is 438 g/mol. The Morgan fingerprint density at radius 1 is 1.09 bits per heavy atom. The molecule has 0 radical (unpaired) electrons. The third-order valence-electron chi connectivity index (χ3n) is 5.86. The maximum Gasteiger partial charge on any atom is 0.276 e. The van der Waals surface area contributed by atoms with Gasteiger partial charge in [-0.25, -0.2) is 4.39 Å². The maximum atomic E-state index is 13.4. The van der Waals surface area contributed by atoms with E-state index >= 15 is 0 Å². The lowest BCUT2D eigenvalue weighted by Crippen LogP contribution is -2.48. The lowest BCUT2D eigenvalue weighted by atomic mass is 10.1. The number of hydrogen-bond donors (Lipinski definition) is 0. The number of hydrogen-bond acceptors (Lipinski definition) is 5. The van der Waals surface area contributed by atoms with E-state index < -0.39 is 0 Å². The molecule has 0 unspecified atom stereocenters. The lowest BCUT2D eigenvalue weighted by Gasteiger charge is -2.34. The summed E-state index contributed by atoms with van der Waals surface area (Å²) in [6, 6.07) is 14.6. The largest absolute Gasteiger partial charge is 0.489 e. The van der Waals surface area contributed by atoms with E-state index in [1.807, 2.05) is 30.3 Å². The lowest BCUT2D eigenvalue weighted by molar-refractivity contribution is 0.0616. The van der Waals surface area contributed by atoms with Crippen LogP contribution in [0, 0.1) is 12.7 Å². The fraction of sp³-hybridized carbons (Fsp3) is 0.360. The fourth-order valence-electron chi connectivity index (χ4n) is 3.86. The van der Waals surface area contributed by atoms with Crippen LogP contribution in [0.15, 0.2) is 53.1 Å². The predicted molar refractivity (Wildman–Crippen MR) is 119 cm³/mol. The summed E-state index contributed by atoms with van der Waals surface area (Å²) in [6.07, 6.45) is 0.971. The van der Waals surface area contributed by atoms with Crippen LogP contribution in [0.2, 0.25) is 0 Å². The first-order valence-electron chi connectivity index (χ1n) is 11.0. The number of nitrogens with zero attached hydrogens (tertiary/aromatic N) is 3. The molecular formula is C25H28FN3O3. The Balaban J connectivity index is 1.35. The first kappa shape index (κ1) is 22.0. The van der Waals surface area contributed by atoms with E-state index in [1.54, 1.807) is 24.0 Å². The van der Waals surface area contributed by atoms with E-state index in [2.05, 4.69) is 17.0 Å². The van der Waals surface area contributed by atoms with E-state index in [9.17, 15) is 9.18 Å². The van der Waals surface area contributed by atoms with Gasteiger partial charge in [0.05, 0.1) is 5.56 Å². The quantitative estimate of drug-likeness (QED) is 0.554. The fourth-order valence-corrected chi connectivity index (χ4v) is 3.86. The van der Waals surface area contributed by atoms with Gasteiger partial charge in [-0.2, -0.15) is 0 Å². The molecule has 4 rings (SSSR count). The second-order valence-electron chi connectivity index (χ2n) is 8.05. The molecule has 32 heavy (non-hydrogen) atoms. The van der Waals surface area contributed by atoms with Crippen LogP contribution >= 0.6 is 0 Å². The van der Waals surface area contributed by atoms with Crippen LogP contribution < -0.4 is 4.74 Å². The second kappa shape index (κ2) is 9.96. The van der Waals surface area contributed by atoms with Crippen molar-refractivity contribution in [2.75, 3.05) is 26.2 Å². The van der Waals surface area contributed by atoms with E-state index in [0.717, 1.165) is 17.7 Å². The summed E-state index contributed by atoms with van der Waals surface area (Å²) in [5.74, 6) is 0.955. The summed E-state index contributed by atoms with van der Waals surface area (Å²) in [6.45, 7) is 7.39. The molecule has 0 aliphatic carbocycles. The first-order valence-corrected chi connectivity index (χ1v) is 11.0. The van der Waals surface area contributed by atoms with Crippen molar-refractivity contribution in [1.29, 1.82) is 0 Å². The van der Waals surface area contributed by atoms with Gasteiger partial charge in [0, 0.05) is 32.7 Å². The Morgan fingerprint density at radius 3 is 2.53 bits per heavy atom. The third kappa shape index (κ3) is 5.16. The standard InChI is InChI=1S/C25H28FN3O3/c1-3-19-7-9-22(10-8-19)31-17-23-18(2)32-27-24(23)25(30)29-13-11-28(12-14-29)16-20-5-4-6-21(26)15-20/h4-10,15H,3,11-14,16-17H2,1-2H3. The topological polar surface area (TPSA) is 58.8 Å². The van der Waals surface area contributed by atoms with Crippen molar-refractivity contribution in [3.63, 3.8) is 0 Å². The number of aryl methyl sites for hydroxylation is 2. The van der Waals surface area contributed by atoms with E-state index in [0.29, 0.717) is 49.7 Å². The Labute approximate surface area is 187 Å². The molecule has 2 aromatic carbocycles. The summed E-state index contributed by atoms with van der Waals surface area (Å²) < 4.78 is 24.6.